The number of nitrogens with zero attached hydrogens (tertiary/aromatic N) is 1. The number of fused-ring (bicyclic) bond motifs is 2. The van der Waals surface area contributed by atoms with Gasteiger partial charge in [-0.3, -0.25) is 0 Å². The van der Waals surface area contributed by atoms with Crippen LogP contribution in [0.1, 0.15) is 10.4 Å². The Hall–Kier alpha value is -2.97. The number of thioether (sulfide) groups is 1. The standard InChI is InChI=1S/C19H11NO5S2/c21-13-3-2-11(7-14(13)22)12-8-26-19-20(12)18(23)17(27-19)6-10-1-4-15-16(5-10)25-9-24-15/h1-8H,9H2,(H-,21,22)/p+1/b17-6-. The van der Waals surface area contributed by atoms with Crippen LogP contribution in [0, 0.1) is 0 Å². The number of ether oxygens (including phenoxy) is 2. The number of carbonyl (C=O) groups is 1. The minimum Gasteiger partial charge on any atom is -0.504 e. The van der Waals surface area contributed by atoms with Gasteiger partial charge in [-0.25, -0.2) is 4.79 Å². The number of rotatable bonds is 2. The molecule has 0 saturated carbocycles. The van der Waals surface area contributed by atoms with Crippen LogP contribution in [0.2, 0.25) is 0 Å². The first-order valence-electron chi connectivity index (χ1n) is 8.00. The smallest absolute Gasteiger partial charge is 0.433 e. The van der Waals surface area contributed by atoms with Crippen molar-refractivity contribution in [1.29, 1.82) is 0 Å². The lowest BCUT2D eigenvalue weighted by molar-refractivity contribution is -0.588. The van der Waals surface area contributed by atoms with E-state index in [1.165, 1.54) is 35.2 Å². The van der Waals surface area contributed by atoms with Crippen molar-refractivity contribution in [2.24, 2.45) is 0 Å². The largest absolute Gasteiger partial charge is 0.504 e. The number of hydrogen-bond acceptors (Lipinski definition) is 7. The molecule has 2 aliphatic rings. The molecule has 0 bridgehead atoms. The molecule has 0 radical (unpaired) electrons. The molecular weight excluding hydrogens is 386 g/mol. The van der Waals surface area contributed by atoms with Gasteiger partial charge in [-0.2, -0.15) is 0 Å². The zero-order valence-electron chi connectivity index (χ0n) is 13.7. The Kier molecular flexibility index (Phi) is 3.63. The quantitative estimate of drug-likeness (QED) is 0.390. The Morgan fingerprint density at radius 3 is 2.74 bits per heavy atom. The summed E-state index contributed by atoms with van der Waals surface area (Å²) >= 11 is 2.86. The van der Waals surface area contributed by atoms with Gasteiger partial charge in [0.15, 0.2) is 23.0 Å². The Morgan fingerprint density at radius 1 is 1.04 bits per heavy atom. The van der Waals surface area contributed by atoms with Crippen molar-refractivity contribution in [3.05, 3.63) is 52.2 Å². The molecule has 3 aromatic rings. The summed E-state index contributed by atoms with van der Waals surface area (Å²) in [7, 11) is 0. The molecule has 0 fully saturated rings. The molecule has 5 rings (SSSR count). The number of allylic oxidation sites excluding steroid dienone is 1. The first kappa shape index (κ1) is 16.2. The topological polar surface area (TPSA) is 79.9 Å². The average Bonchev–Trinajstić information content (AvgIpc) is 3.35. The third-order valence-corrected chi connectivity index (χ3v) is 6.41. The highest BCUT2D eigenvalue weighted by Gasteiger charge is 2.41. The molecular formula is C19H12NO5S2+. The van der Waals surface area contributed by atoms with E-state index in [4.69, 9.17) is 9.47 Å². The van der Waals surface area contributed by atoms with Gasteiger partial charge in [-0.15, -0.1) is 4.57 Å². The van der Waals surface area contributed by atoms with E-state index in [2.05, 4.69) is 0 Å². The Balaban J connectivity index is 1.51. The summed E-state index contributed by atoms with van der Waals surface area (Å²) < 4.78 is 13.2. The maximum Gasteiger partial charge on any atom is 0.433 e. The fourth-order valence-electron chi connectivity index (χ4n) is 2.95. The minimum absolute atomic E-state index is 0.128. The lowest BCUT2D eigenvalue weighted by Gasteiger charge is -1.99. The summed E-state index contributed by atoms with van der Waals surface area (Å²) in [5.41, 5.74) is 2.19. The maximum absolute atomic E-state index is 13.0. The van der Waals surface area contributed by atoms with Crippen LogP contribution in [0.15, 0.2) is 51.0 Å². The van der Waals surface area contributed by atoms with Gasteiger partial charge >= 0.3 is 10.2 Å². The molecule has 0 saturated heterocycles. The highest BCUT2D eigenvalue weighted by atomic mass is 32.2. The van der Waals surface area contributed by atoms with Crippen molar-refractivity contribution >= 4 is 35.1 Å². The van der Waals surface area contributed by atoms with Crippen LogP contribution in [-0.2, 0) is 0 Å². The second-order valence-electron chi connectivity index (χ2n) is 5.95. The number of hydrogen-bond donors (Lipinski definition) is 2. The molecule has 27 heavy (non-hydrogen) atoms. The highest BCUT2D eigenvalue weighted by molar-refractivity contribution is 8.05. The van der Waals surface area contributed by atoms with Crippen molar-refractivity contribution in [2.75, 3.05) is 6.79 Å². The normalized spacial score (nSPS) is 16.1. The van der Waals surface area contributed by atoms with E-state index in [1.807, 2.05) is 29.7 Å². The molecule has 2 N–H and O–H groups in total. The summed E-state index contributed by atoms with van der Waals surface area (Å²) in [5, 5.41) is 21.1. The molecule has 1 aromatic heterocycles. The van der Waals surface area contributed by atoms with Crippen molar-refractivity contribution < 1.29 is 29.0 Å². The number of benzene rings is 2. The molecule has 3 heterocycles. The van der Waals surface area contributed by atoms with Crippen LogP contribution >= 0.6 is 23.1 Å². The summed E-state index contributed by atoms with van der Waals surface area (Å²) in [4.78, 5) is 13.6. The van der Waals surface area contributed by atoms with Crippen molar-refractivity contribution in [1.82, 2.24) is 0 Å². The van der Waals surface area contributed by atoms with Gasteiger partial charge in [0.2, 0.25) is 12.5 Å². The number of phenols is 2. The predicted molar refractivity (Wildman–Crippen MR) is 100 cm³/mol. The highest BCUT2D eigenvalue weighted by Crippen LogP contribution is 2.40. The average molecular weight is 398 g/mol. The van der Waals surface area contributed by atoms with Gasteiger partial charge in [0.1, 0.15) is 4.91 Å². The summed E-state index contributed by atoms with van der Waals surface area (Å²) in [6, 6.07) is 10.1. The lowest BCUT2D eigenvalue weighted by Crippen LogP contribution is -2.40. The summed E-state index contributed by atoms with van der Waals surface area (Å²) in [6.45, 7) is 0.207. The van der Waals surface area contributed by atoms with Crippen LogP contribution in [-0.4, -0.2) is 22.9 Å². The van der Waals surface area contributed by atoms with Gasteiger partial charge in [-0.05, 0) is 42.0 Å². The number of aromatic hydroxyl groups is 2. The molecule has 8 heteroatoms. The minimum atomic E-state index is -0.220. The van der Waals surface area contributed by atoms with Crippen LogP contribution in [0.3, 0.4) is 0 Å². The van der Waals surface area contributed by atoms with Crippen LogP contribution in [0.5, 0.6) is 23.0 Å². The first-order valence-corrected chi connectivity index (χ1v) is 9.69. The first-order chi connectivity index (χ1) is 13.1. The number of carbonyl (C=O) groups excluding carboxylic acids is 1. The number of phenolic OH excluding ortho intramolecular Hbond substituents is 2. The summed E-state index contributed by atoms with van der Waals surface area (Å²) in [5.74, 6) is 0.825. The SMILES string of the molecule is O=C1/C(=C/c2ccc3c(c2)OCO3)Sc2scc(-c3ccc(O)c(O)c3)[n+]21. The number of thiazole rings is 1. The van der Waals surface area contributed by atoms with E-state index < -0.39 is 0 Å². The van der Waals surface area contributed by atoms with E-state index in [-0.39, 0.29) is 24.2 Å². The van der Waals surface area contributed by atoms with Gasteiger partial charge in [0, 0.05) is 11.8 Å². The van der Waals surface area contributed by atoms with Gasteiger partial charge in [0.05, 0.1) is 10.9 Å². The fraction of sp³-hybridized carbons (Fsp3) is 0.0526. The van der Waals surface area contributed by atoms with Gasteiger partial charge in [-0.1, -0.05) is 17.4 Å². The number of aromatic nitrogens is 1. The molecule has 134 valence electrons. The van der Waals surface area contributed by atoms with E-state index in [9.17, 15) is 15.0 Å². The molecule has 6 nitrogen and oxygen atoms in total. The second kappa shape index (κ2) is 6.04. The molecule has 0 atom stereocenters. The lowest BCUT2D eigenvalue weighted by atomic mass is 10.1. The zero-order chi connectivity index (χ0) is 18.5. The molecule has 0 spiro atoms. The van der Waals surface area contributed by atoms with Crippen molar-refractivity contribution in [3.63, 3.8) is 0 Å². The van der Waals surface area contributed by atoms with Crippen LogP contribution in [0.25, 0.3) is 17.3 Å². The Labute approximate surface area is 161 Å². The predicted octanol–water partition coefficient (Wildman–Crippen LogP) is 3.63. The molecule has 0 amide bonds. The zero-order valence-corrected chi connectivity index (χ0v) is 15.3. The fourth-order valence-corrected chi connectivity index (χ4v) is 5.13. The van der Waals surface area contributed by atoms with Gasteiger partial charge < -0.3 is 19.7 Å². The molecule has 0 unspecified atom stereocenters. The third kappa shape index (κ3) is 2.65. The monoisotopic (exact) mass is 398 g/mol. The molecule has 2 aromatic carbocycles. The Morgan fingerprint density at radius 2 is 1.89 bits per heavy atom. The third-order valence-electron chi connectivity index (χ3n) is 4.27. The van der Waals surface area contributed by atoms with E-state index >= 15 is 0 Å². The maximum atomic E-state index is 13.0. The Bertz CT molecular complexity index is 1140. The van der Waals surface area contributed by atoms with E-state index in [0.717, 1.165) is 9.90 Å². The van der Waals surface area contributed by atoms with Crippen LogP contribution in [0.4, 0.5) is 0 Å². The van der Waals surface area contributed by atoms with Crippen molar-refractivity contribution in [2.45, 2.75) is 4.34 Å². The van der Waals surface area contributed by atoms with Crippen molar-refractivity contribution in [3.8, 4) is 34.3 Å². The summed E-state index contributed by atoms with van der Waals surface area (Å²) in [6.07, 6.45) is 1.83. The van der Waals surface area contributed by atoms with E-state index in [1.54, 1.807) is 10.6 Å². The van der Waals surface area contributed by atoms with E-state index in [0.29, 0.717) is 27.7 Å². The molecule has 0 aliphatic carbocycles. The molecule has 2 aliphatic heterocycles. The van der Waals surface area contributed by atoms with Gasteiger partial charge in [0.25, 0.3) is 0 Å². The van der Waals surface area contributed by atoms with Crippen LogP contribution < -0.4 is 14.0 Å². The second-order valence-corrected chi connectivity index (χ2v) is 8.10.